The van der Waals surface area contributed by atoms with Crippen molar-refractivity contribution < 1.29 is 14.7 Å². The van der Waals surface area contributed by atoms with Gasteiger partial charge in [0.1, 0.15) is 5.69 Å². The van der Waals surface area contributed by atoms with Crippen LogP contribution in [0.5, 0.6) is 0 Å². The van der Waals surface area contributed by atoms with Crippen LogP contribution in [0.3, 0.4) is 0 Å². The molecule has 1 aromatic heterocycles. The van der Waals surface area contributed by atoms with Gasteiger partial charge in [0, 0.05) is 17.5 Å². The molecule has 0 radical (unpaired) electrons. The number of hydrogen-bond donors (Lipinski definition) is 1. The summed E-state index contributed by atoms with van der Waals surface area (Å²) in [5.41, 5.74) is 0.459. The summed E-state index contributed by atoms with van der Waals surface area (Å²) in [6, 6.07) is -0.0485. The smallest absolute Gasteiger partial charge is 0.308 e. The van der Waals surface area contributed by atoms with E-state index >= 15 is 0 Å². The van der Waals surface area contributed by atoms with E-state index in [9.17, 15) is 9.59 Å². The van der Waals surface area contributed by atoms with Crippen LogP contribution in [0.1, 0.15) is 34.8 Å². The zero-order chi connectivity index (χ0) is 12.9. The van der Waals surface area contributed by atoms with Gasteiger partial charge >= 0.3 is 5.97 Å². The van der Waals surface area contributed by atoms with Gasteiger partial charge in [-0.05, 0) is 26.2 Å². The second kappa shape index (κ2) is 4.05. The molecule has 0 aliphatic carbocycles. The summed E-state index contributed by atoms with van der Waals surface area (Å²) in [4.78, 5) is 29.5. The third kappa shape index (κ3) is 1.63. The lowest BCUT2D eigenvalue weighted by atomic mass is 9.89. The number of hydrogen-bond acceptors (Lipinski definition) is 4. The van der Waals surface area contributed by atoms with Crippen LogP contribution in [-0.4, -0.2) is 39.0 Å². The first-order chi connectivity index (χ1) is 8.58. The molecule has 3 atom stereocenters. The number of carbonyl (C=O) groups excluding carboxylic acids is 1. The number of carboxylic acids is 1. The van der Waals surface area contributed by atoms with Gasteiger partial charge in [-0.3, -0.25) is 9.59 Å². The van der Waals surface area contributed by atoms with Gasteiger partial charge in [-0.1, -0.05) is 0 Å². The number of aliphatic carboxylic acids is 1. The van der Waals surface area contributed by atoms with E-state index in [1.165, 1.54) is 11.3 Å². The fraction of sp³-hybridized carbons (Fsp3) is 0.583. The lowest BCUT2D eigenvalue weighted by Crippen LogP contribution is -2.38. The Morgan fingerprint density at radius 2 is 2.28 bits per heavy atom. The molecule has 1 N–H and O–H groups in total. The van der Waals surface area contributed by atoms with Crippen molar-refractivity contribution in [3.63, 3.8) is 0 Å². The molecular weight excluding hydrogens is 252 g/mol. The van der Waals surface area contributed by atoms with Gasteiger partial charge in [0.25, 0.3) is 5.91 Å². The van der Waals surface area contributed by atoms with Crippen molar-refractivity contribution in [3.8, 4) is 0 Å². The maximum atomic E-state index is 12.4. The second-order valence-electron chi connectivity index (χ2n) is 4.94. The van der Waals surface area contributed by atoms with Gasteiger partial charge in [0.2, 0.25) is 0 Å². The van der Waals surface area contributed by atoms with Crippen LogP contribution < -0.4 is 0 Å². The third-order valence-corrected chi connectivity index (χ3v) is 4.70. The molecule has 3 rings (SSSR count). The van der Waals surface area contributed by atoms with Crippen LogP contribution in [0.2, 0.25) is 0 Å². The molecule has 18 heavy (non-hydrogen) atoms. The first-order valence-electron chi connectivity index (χ1n) is 6.05. The molecule has 2 bridgehead atoms. The molecular formula is C12H14N2O3S. The van der Waals surface area contributed by atoms with E-state index in [0.717, 1.165) is 17.8 Å². The molecule has 1 aromatic rings. The average Bonchev–Trinajstić information content (AvgIpc) is 3.01. The topological polar surface area (TPSA) is 70.5 Å². The van der Waals surface area contributed by atoms with Crippen LogP contribution in [0.15, 0.2) is 5.38 Å². The molecule has 3 heterocycles. The minimum absolute atomic E-state index is 0.0885. The molecule has 1 amide bonds. The third-order valence-electron chi connectivity index (χ3n) is 3.93. The second-order valence-corrected chi connectivity index (χ2v) is 6.01. The van der Waals surface area contributed by atoms with Crippen LogP contribution in [0.25, 0.3) is 0 Å². The Hall–Kier alpha value is -1.43. The van der Waals surface area contributed by atoms with E-state index < -0.39 is 11.9 Å². The van der Waals surface area contributed by atoms with Gasteiger partial charge in [-0.15, -0.1) is 11.3 Å². The van der Waals surface area contributed by atoms with Crippen molar-refractivity contribution in [3.05, 3.63) is 16.1 Å². The van der Waals surface area contributed by atoms with Crippen LogP contribution >= 0.6 is 11.3 Å². The number of rotatable bonds is 2. The fourth-order valence-corrected chi connectivity index (χ4v) is 3.75. The highest BCUT2D eigenvalue weighted by atomic mass is 32.1. The molecule has 3 unspecified atom stereocenters. The van der Waals surface area contributed by atoms with Crippen LogP contribution in [-0.2, 0) is 4.79 Å². The summed E-state index contributed by atoms with van der Waals surface area (Å²) in [6.07, 6.45) is 2.31. The number of fused-ring (bicyclic) bond motifs is 2. The standard InChI is InChI=1S/C12H14N2O3S/c1-6-13-9(5-18-6)11(15)14-7-2-3-10(14)8(4-7)12(16)17/h5,7-8,10H,2-4H2,1H3,(H,16,17). The Morgan fingerprint density at radius 1 is 1.50 bits per heavy atom. The average molecular weight is 266 g/mol. The van der Waals surface area contributed by atoms with Crippen molar-refractivity contribution in [2.75, 3.05) is 0 Å². The minimum atomic E-state index is -0.783. The normalized spacial score (nSPS) is 29.8. The van der Waals surface area contributed by atoms with Gasteiger partial charge in [-0.2, -0.15) is 0 Å². The Bertz CT molecular complexity index is 513. The zero-order valence-electron chi connectivity index (χ0n) is 10.00. The molecule has 96 valence electrons. The molecule has 5 nitrogen and oxygen atoms in total. The van der Waals surface area contributed by atoms with Crippen molar-refractivity contribution in [2.45, 2.75) is 38.3 Å². The number of nitrogens with zero attached hydrogens (tertiary/aromatic N) is 2. The summed E-state index contributed by atoms with van der Waals surface area (Å²) >= 11 is 1.45. The number of carbonyl (C=O) groups is 2. The van der Waals surface area contributed by atoms with Gasteiger partial charge in [0.05, 0.1) is 10.9 Å². The predicted octanol–water partition coefficient (Wildman–Crippen LogP) is 1.53. The molecule has 0 spiro atoms. The SMILES string of the molecule is Cc1nc(C(=O)N2C3CCC2C(C(=O)O)C3)cs1. The number of carboxylic acid groups (broad SMARTS) is 1. The van der Waals surface area contributed by atoms with Crippen molar-refractivity contribution in [1.29, 1.82) is 0 Å². The highest BCUT2D eigenvalue weighted by Gasteiger charge is 2.51. The van der Waals surface area contributed by atoms with E-state index in [4.69, 9.17) is 5.11 Å². The number of amides is 1. The Balaban J connectivity index is 1.85. The van der Waals surface area contributed by atoms with E-state index in [0.29, 0.717) is 12.1 Å². The van der Waals surface area contributed by atoms with Crippen molar-refractivity contribution >= 4 is 23.2 Å². The molecule has 6 heteroatoms. The Kier molecular flexibility index (Phi) is 2.62. The first kappa shape index (κ1) is 11.6. The first-order valence-corrected chi connectivity index (χ1v) is 6.93. The largest absolute Gasteiger partial charge is 0.481 e. The quantitative estimate of drug-likeness (QED) is 0.881. The van der Waals surface area contributed by atoms with E-state index in [1.54, 1.807) is 10.3 Å². The monoisotopic (exact) mass is 266 g/mol. The summed E-state index contributed by atoms with van der Waals surface area (Å²) in [6.45, 7) is 1.86. The van der Waals surface area contributed by atoms with E-state index in [2.05, 4.69) is 4.98 Å². The zero-order valence-corrected chi connectivity index (χ0v) is 10.8. The summed E-state index contributed by atoms with van der Waals surface area (Å²) in [5.74, 6) is -1.28. The number of thiazole rings is 1. The fourth-order valence-electron chi connectivity index (χ4n) is 3.16. The van der Waals surface area contributed by atoms with Crippen LogP contribution in [0.4, 0.5) is 0 Å². The number of aromatic nitrogens is 1. The predicted molar refractivity (Wildman–Crippen MR) is 65.6 cm³/mol. The lowest BCUT2D eigenvalue weighted by molar-refractivity contribution is -0.142. The highest BCUT2D eigenvalue weighted by molar-refractivity contribution is 7.09. The Labute approximate surface area is 108 Å². The molecule has 0 saturated carbocycles. The van der Waals surface area contributed by atoms with Gasteiger partial charge < -0.3 is 10.0 Å². The van der Waals surface area contributed by atoms with Crippen molar-refractivity contribution in [2.24, 2.45) is 5.92 Å². The summed E-state index contributed by atoms with van der Waals surface area (Å²) in [7, 11) is 0. The Morgan fingerprint density at radius 3 is 2.83 bits per heavy atom. The molecule has 2 aliphatic heterocycles. The van der Waals surface area contributed by atoms with E-state index in [1.807, 2.05) is 6.92 Å². The molecule has 0 aromatic carbocycles. The summed E-state index contributed by atoms with van der Waals surface area (Å²) < 4.78 is 0. The summed E-state index contributed by atoms with van der Waals surface area (Å²) in [5, 5.41) is 11.8. The minimum Gasteiger partial charge on any atom is -0.481 e. The maximum Gasteiger partial charge on any atom is 0.308 e. The van der Waals surface area contributed by atoms with Crippen LogP contribution in [0, 0.1) is 12.8 Å². The molecule has 2 aliphatic rings. The maximum absolute atomic E-state index is 12.4. The molecule has 2 saturated heterocycles. The number of aryl methyl sites for hydroxylation is 1. The molecule has 2 fully saturated rings. The van der Waals surface area contributed by atoms with Gasteiger partial charge in [0.15, 0.2) is 0 Å². The van der Waals surface area contributed by atoms with Crippen molar-refractivity contribution in [1.82, 2.24) is 9.88 Å². The lowest BCUT2D eigenvalue weighted by Gasteiger charge is -2.22. The highest BCUT2D eigenvalue weighted by Crippen LogP contribution is 2.42. The van der Waals surface area contributed by atoms with Gasteiger partial charge in [-0.25, -0.2) is 4.98 Å². The van der Waals surface area contributed by atoms with E-state index in [-0.39, 0.29) is 18.0 Å².